The number of fused-ring (bicyclic) bond motifs is 1. The van der Waals surface area contributed by atoms with E-state index < -0.39 is 0 Å². The van der Waals surface area contributed by atoms with Crippen molar-refractivity contribution in [2.75, 3.05) is 13.1 Å². The maximum absolute atomic E-state index is 12.9. The summed E-state index contributed by atoms with van der Waals surface area (Å²) in [6.45, 7) is 4.73. The molecule has 2 heterocycles. The Morgan fingerprint density at radius 3 is 2.77 bits per heavy atom. The molecule has 1 aliphatic heterocycles. The lowest BCUT2D eigenvalue weighted by molar-refractivity contribution is -0.126. The minimum absolute atomic E-state index is 0.152. The second-order valence-corrected chi connectivity index (χ2v) is 9.64. The van der Waals surface area contributed by atoms with Crippen LogP contribution >= 0.6 is 0 Å². The van der Waals surface area contributed by atoms with Crippen LogP contribution in [-0.2, 0) is 16.8 Å². The number of rotatable bonds is 5. The SMILES string of the molecule is Cc1noc(C23CC(NC(=O)C4CCCCC4)CC2CN(Cc2ccccc2)C3)n1. The van der Waals surface area contributed by atoms with Crippen molar-refractivity contribution in [3.63, 3.8) is 0 Å². The van der Waals surface area contributed by atoms with Crippen LogP contribution < -0.4 is 5.32 Å². The standard InChI is InChI=1S/C24H32N4O2/c1-17-25-23(30-27-17)24-13-21(26-22(29)19-10-6-3-7-11-19)12-20(24)15-28(16-24)14-18-8-4-2-5-9-18/h2,4-5,8-9,19-21H,3,6-7,10-16H2,1H3,(H,26,29). The molecule has 1 amide bonds. The number of likely N-dealkylation sites (tertiary alicyclic amines) is 1. The smallest absolute Gasteiger partial charge is 0.234 e. The van der Waals surface area contributed by atoms with E-state index in [1.54, 1.807) is 0 Å². The zero-order valence-corrected chi connectivity index (χ0v) is 17.8. The molecular weight excluding hydrogens is 376 g/mol. The van der Waals surface area contributed by atoms with Crippen LogP contribution in [0.5, 0.6) is 0 Å². The average Bonchev–Trinajstić information content (AvgIpc) is 3.42. The zero-order valence-electron chi connectivity index (χ0n) is 17.8. The molecule has 3 atom stereocenters. The van der Waals surface area contributed by atoms with Gasteiger partial charge in [-0.3, -0.25) is 9.69 Å². The molecule has 3 unspecified atom stereocenters. The molecule has 2 aromatic rings. The number of carbonyl (C=O) groups excluding carboxylic acids is 1. The van der Waals surface area contributed by atoms with Gasteiger partial charge < -0.3 is 9.84 Å². The summed E-state index contributed by atoms with van der Waals surface area (Å²) in [5.74, 6) is 2.34. The van der Waals surface area contributed by atoms with Crippen LogP contribution in [-0.4, -0.2) is 40.1 Å². The van der Waals surface area contributed by atoms with Gasteiger partial charge in [0.05, 0.1) is 5.41 Å². The first kappa shape index (κ1) is 19.7. The molecule has 2 aliphatic carbocycles. The lowest BCUT2D eigenvalue weighted by atomic mass is 9.80. The Labute approximate surface area is 178 Å². The fourth-order valence-corrected chi connectivity index (χ4v) is 6.06. The largest absolute Gasteiger partial charge is 0.353 e. The van der Waals surface area contributed by atoms with Crippen LogP contribution in [0.25, 0.3) is 0 Å². The first-order chi connectivity index (χ1) is 14.6. The average molecular weight is 409 g/mol. The minimum atomic E-state index is -0.152. The van der Waals surface area contributed by atoms with Gasteiger partial charge in [-0.15, -0.1) is 0 Å². The molecule has 1 N–H and O–H groups in total. The Hall–Kier alpha value is -2.21. The van der Waals surface area contributed by atoms with Crippen molar-refractivity contribution in [1.82, 2.24) is 20.4 Å². The van der Waals surface area contributed by atoms with Gasteiger partial charge in [0.1, 0.15) is 0 Å². The van der Waals surface area contributed by atoms with Crippen molar-refractivity contribution in [2.24, 2.45) is 11.8 Å². The number of benzene rings is 1. The third kappa shape index (κ3) is 3.78. The third-order valence-corrected chi connectivity index (χ3v) is 7.47. The molecule has 0 spiro atoms. The summed E-state index contributed by atoms with van der Waals surface area (Å²) in [4.78, 5) is 20.0. The number of nitrogens with zero attached hydrogens (tertiary/aromatic N) is 3. The van der Waals surface area contributed by atoms with Gasteiger partial charge >= 0.3 is 0 Å². The highest BCUT2D eigenvalue weighted by Crippen LogP contribution is 2.50. The van der Waals surface area contributed by atoms with E-state index in [-0.39, 0.29) is 23.3 Å². The Balaban J connectivity index is 1.31. The van der Waals surface area contributed by atoms with Gasteiger partial charge in [0, 0.05) is 31.6 Å². The highest BCUT2D eigenvalue weighted by Gasteiger charge is 2.57. The molecule has 6 heteroatoms. The number of carbonyl (C=O) groups is 1. The molecule has 2 saturated carbocycles. The van der Waals surface area contributed by atoms with E-state index >= 15 is 0 Å². The maximum Gasteiger partial charge on any atom is 0.234 e. The summed E-state index contributed by atoms with van der Waals surface area (Å²) >= 11 is 0. The molecular formula is C24H32N4O2. The molecule has 30 heavy (non-hydrogen) atoms. The summed E-state index contributed by atoms with van der Waals surface area (Å²) in [6, 6.07) is 10.8. The minimum Gasteiger partial charge on any atom is -0.353 e. The van der Waals surface area contributed by atoms with Crippen molar-refractivity contribution in [3.8, 4) is 0 Å². The summed E-state index contributed by atoms with van der Waals surface area (Å²) < 4.78 is 5.72. The number of amides is 1. The fraction of sp³-hybridized carbons (Fsp3) is 0.625. The van der Waals surface area contributed by atoms with Gasteiger partial charge in [-0.2, -0.15) is 4.98 Å². The van der Waals surface area contributed by atoms with Crippen molar-refractivity contribution in [2.45, 2.75) is 69.9 Å². The quantitative estimate of drug-likeness (QED) is 0.818. The number of nitrogens with one attached hydrogen (secondary N) is 1. The monoisotopic (exact) mass is 408 g/mol. The van der Waals surface area contributed by atoms with E-state index in [1.807, 2.05) is 6.92 Å². The third-order valence-electron chi connectivity index (χ3n) is 7.47. The summed E-state index contributed by atoms with van der Waals surface area (Å²) in [7, 11) is 0. The number of hydrogen-bond acceptors (Lipinski definition) is 5. The van der Waals surface area contributed by atoms with E-state index in [4.69, 9.17) is 4.52 Å². The normalized spacial score (nSPS) is 29.8. The van der Waals surface area contributed by atoms with Crippen molar-refractivity contribution in [3.05, 3.63) is 47.6 Å². The van der Waals surface area contributed by atoms with Crippen molar-refractivity contribution in [1.29, 1.82) is 0 Å². The van der Waals surface area contributed by atoms with E-state index in [1.165, 1.54) is 24.8 Å². The second-order valence-electron chi connectivity index (χ2n) is 9.64. The van der Waals surface area contributed by atoms with Crippen molar-refractivity contribution < 1.29 is 9.32 Å². The molecule has 0 radical (unpaired) electrons. The van der Waals surface area contributed by atoms with Gasteiger partial charge in [-0.25, -0.2) is 0 Å². The Bertz CT molecular complexity index is 876. The Kier molecular flexibility index (Phi) is 5.35. The number of hydrogen-bond donors (Lipinski definition) is 1. The molecule has 5 rings (SSSR count). The topological polar surface area (TPSA) is 71.3 Å². The first-order valence-electron chi connectivity index (χ1n) is 11.5. The molecule has 6 nitrogen and oxygen atoms in total. The number of aromatic nitrogens is 2. The molecule has 3 aliphatic rings. The molecule has 1 aromatic carbocycles. The molecule has 0 bridgehead atoms. The van der Waals surface area contributed by atoms with Crippen LogP contribution in [0.4, 0.5) is 0 Å². The number of aryl methyl sites for hydroxylation is 1. The van der Waals surface area contributed by atoms with E-state index in [0.717, 1.165) is 51.2 Å². The predicted octanol–water partition coefficient (Wildman–Crippen LogP) is 3.61. The van der Waals surface area contributed by atoms with E-state index in [2.05, 4.69) is 50.7 Å². The van der Waals surface area contributed by atoms with Gasteiger partial charge in [0.15, 0.2) is 5.82 Å². The maximum atomic E-state index is 12.9. The summed E-state index contributed by atoms with van der Waals surface area (Å²) in [5.41, 5.74) is 1.18. The summed E-state index contributed by atoms with van der Waals surface area (Å²) in [6.07, 6.45) is 7.61. The van der Waals surface area contributed by atoms with E-state index in [0.29, 0.717) is 11.7 Å². The van der Waals surface area contributed by atoms with Crippen LogP contribution in [0.3, 0.4) is 0 Å². The zero-order chi connectivity index (χ0) is 20.6. The first-order valence-corrected chi connectivity index (χ1v) is 11.5. The lowest BCUT2D eigenvalue weighted by Gasteiger charge is -2.27. The molecule has 3 fully saturated rings. The van der Waals surface area contributed by atoms with Gasteiger partial charge in [0.25, 0.3) is 0 Å². The van der Waals surface area contributed by atoms with Gasteiger partial charge in [0.2, 0.25) is 11.8 Å². The van der Waals surface area contributed by atoms with E-state index in [9.17, 15) is 4.79 Å². The molecule has 1 aromatic heterocycles. The highest BCUT2D eigenvalue weighted by atomic mass is 16.5. The predicted molar refractivity (Wildman–Crippen MR) is 114 cm³/mol. The molecule has 1 saturated heterocycles. The highest BCUT2D eigenvalue weighted by molar-refractivity contribution is 5.79. The van der Waals surface area contributed by atoms with Crippen LogP contribution in [0.2, 0.25) is 0 Å². The van der Waals surface area contributed by atoms with Crippen LogP contribution in [0, 0.1) is 18.8 Å². The van der Waals surface area contributed by atoms with Gasteiger partial charge in [-0.1, -0.05) is 54.8 Å². The molecule has 160 valence electrons. The summed E-state index contributed by atoms with van der Waals surface area (Å²) in [5, 5.41) is 7.49. The lowest BCUT2D eigenvalue weighted by Crippen LogP contribution is -2.41. The van der Waals surface area contributed by atoms with Gasteiger partial charge in [-0.05, 0) is 44.1 Å². The fourth-order valence-electron chi connectivity index (χ4n) is 6.06. The Morgan fingerprint density at radius 2 is 2.03 bits per heavy atom. The van der Waals surface area contributed by atoms with Crippen LogP contribution in [0.1, 0.15) is 62.2 Å². The van der Waals surface area contributed by atoms with Crippen molar-refractivity contribution >= 4 is 5.91 Å². The van der Waals surface area contributed by atoms with Crippen LogP contribution in [0.15, 0.2) is 34.9 Å². The Morgan fingerprint density at radius 1 is 1.23 bits per heavy atom. The second kappa shape index (κ2) is 8.14.